The smallest absolute Gasteiger partial charge is 0.178 e. The number of hydrogen-bond donors (Lipinski definition) is 2. The van der Waals surface area contributed by atoms with Crippen molar-refractivity contribution in [1.29, 1.82) is 0 Å². The minimum Gasteiger partial charge on any atom is -0.384 e. The number of hydrogen-bond acceptors (Lipinski definition) is 5. The van der Waals surface area contributed by atoms with Crippen molar-refractivity contribution in [3.8, 4) is 0 Å². The summed E-state index contributed by atoms with van der Waals surface area (Å²) in [4.78, 5) is 0. The average Bonchev–Trinajstić information content (AvgIpc) is 2.87. The van der Waals surface area contributed by atoms with Crippen LogP contribution in [-0.4, -0.2) is 31.5 Å². The molecule has 0 fully saturated rings. The van der Waals surface area contributed by atoms with E-state index >= 15 is 0 Å². The molecule has 0 saturated heterocycles. The summed E-state index contributed by atoms with van der Waals surface area (Å²) in [5.41, 5.74) is 0.239. The van der Waals surface area contributed by atoms with Crippen LogP contribution in [0.4, 0.5) is 5.82 Å². The molecule has 2 aromatic heterocycles. The maximum Gasteiger partial charge on any atom is 0.178 e. The standard InChI is InChI=1S/C15H16ClN5O/c1-10-18-19-14-8-7-13(20-21(10)14)17-9-15(2,22)11-5-3-4-6-12(11)16/h3-8,22H,9H2,1-2H3,(H,17,20). The fraction of sp³-hybridized carbons (Fsp3) is 0.267. The Labute approximate surface area is 132 Å². The van der Waals surface area contributed by atoms with Crippen LogP contribution >= 0.6 is 11.6 Å². The summed E-state index contributed by atoms with van der Waals surface area (Å²) in [6, 6.07) is 10.9. The zero-order valence-electron chi connectivity index (χ0n) is 12.3. The summed E-state index contributed by atoms with van der Waals surface area (Å²) in [6.45, 7) is 3.82. The van der Waals surface area contributed by atoms with Crippen LogP contribution in [0.3, 0.4) is 0 Å². The fourth-order valence-electron chi connectivity index (χ4n) is 2.25. The summed E-state index contributed by atoms with van der Waals surface area (Å²) in [5.74, 6) is 1.33. The van der Waals surface area contributed by atoms with Crippen LogP contribution < -0.4 is 5.32 Å². The van der Waals surface area contributed by atoms with E-state index in [-0.39, 0.29) is 6.54 Å². The lowest BCUT2D eigenvalue weighted by Crippen LogP contribution is -2.31. The molecule has 1 unspecified atom stereocenters. The zero-order valence-corrected chi connectivity index (χ0v) is 13.0. The highest BCUT2D eigenvalue weighted by Gasteiger charge is 2.25. The first-order chi connectivity index (χ1) is 10.5. The number of halogens is 1. The number of anilines is 1. The predicted molar refractivity (Wildman–Crippen MR) is 85.0 cm³/mol. The third kappa shape index (κ3) is 2.75. The molecule has 0 spiro atoms. The van der Waals surface area contributed by atoms with Crippen molar-refractivity contribution >= 4 is 23.1 Å². The second-order valence-corrected chi connectivity index (χ2v) is 5.75. The van der Waals surface area contributed by atoms with E-state index in [0.717, 1.165) is 0 Å². The molecule has 0 bridgehead atoms. The molecule has 1 aromatic carbocycles. The van der Waals surface area contributed by atoms with E-state index in [1.807, 2.05) is 31.2 Å². The Morgan fingerprint density at radius 3 is 2.77 bits per heavy atom. The number of rotatable bonds is 4. The molecule has 0 aliphatic rings. The van der Waals surface area contributed by atoms with E-state index in [1.165, 1.54) is 0 Å². The van der Waals surface area contributed by atoms with Crippen molar-refractivity contribution in [1.82, 2.24) is 19.8 Å². The first-order valence-electron chi connectivity index (χ1n) is 6.88. The van der Waals surface area contributed by atoms with Gasteiger partial charge in [-0.3, -0.25) is 0 Å². The number of aromatic nitrogens is 4. The highest BCUT2D eigenvalue weighted by molar-refractivity contribution is 6.31. The molecule has 1 atom stereocenters. The van der Waals surface area contributed by atoms with Gasteiger partial charge in [0.1, 0.15) is 11.4 Å². The van der Waals surface area contributed by atoms with Gasteiger partial charge in [-0.25, -0.2) is 0 Å². The molecule has 0 radical (unpaired) electrons. The second kappa shape index (κ2) is 5.55. The maximum atomic E-state index is 10.6. The van der Waals surface area contributed by atoms with Gasteiger partial charge in [0.05, 0.1) is 0 Å². The van der Waals surface area contributed by atoms with Crippen LogP contribution in [0.2, 0.25) is 5.02 Å². The number of nitrogens with zero attached hydrogens (tertiary/aromatic N) is 4. The Morgan fingerprint density at radius 2 is 2.00 bits per heavy atom. The summed E-state index contributed by atoms with van der Waals surface area (Å²) in [7, 11) is 0. The Kier molecular flexibility index (Phi) is 3.72. The Hall–Kier alpha value is -2.18. The van der Waals surface area contributed by atoms with Gasteiger partial charge in [0.25, 0.3) is 0 Å². The molecule has 0 aliphatic carbocycles. The summed E-state index contributed by atoms with van der Waals surface area (Å²) in [5, 5.41) is 26.6. The quantitative estimate of drug-likeness (QED) is 0.773. The van der Waals surface area contributed by atoms with Gasteiger partial charge < -0.3 is 10.4 Å². The molecule has 114 valence electrons. The van der Waals surface area contributed by atoms with Crippen LogP contribution in [0.1, 0.15) is 18.3 Å². The van der Waals surface area contributed by atoms with Crippen LogP contribution in [0, 0.1) is 6.92 Å². The maximum absolute atomic E-state index is 10.6. The fourth-order valence-corrected chi connectivity index (χ4v) is 2.59. The Morgan fingerprint density at radius 1 is 1.23 bits per heavy atom. The van der Waals surface area contributed by atoms with E-state index in [9.17, 15) is 5.11 Å². The van der Waals surface area contributed by atoms with Crippen LogP contribution in [0.5, 0.6) is 0 Å². The summed E-state index contributed by atoms with van der Waals surface area (Å²) >= 11 is 6.15. The van der Waals surface area contributed by atoms with Crippen molar-refractivity contribution < 1.29 is 5.11 Å². The summed E-state index contributed by atoms with van der Waals surface area (Å²) in [6.07, 6.45) is 0. The number of nitrogens with one attached hydrogen (secondary N) is 1. The lowest BCUT2D eigenvalue weighted by atomic mass is 9.96. The molecule has 2 heterocycles. The van der Waals surface area contributed by atoms with Gasteiger partial charge >= 0.3 is 0 Å². The van der Waals surface area contributed by atoms with Crippen LogP contribution in [0.25, 0.3) is 5.65 Å². The van der Waals surface area contributed by atoms with E-state index in [4.69, 9.17) is 11.6 Å². The minimum absolute atomic E-state index is 0.274. The molecular formula is C15H16ClN5O. The van der Waals surface area contributed by atoms with E-state index in [0.29, 0.717) is 27.9 Å². The molecule has 3 rings (SSSR count). The molecular weight excluding hydrogens is 302 g/mol. The van der Waals surface area contributed by atoms with Crippen molar-refractivity contribution in [2.24, 2.45) is 0 Å². The monoisotopic (exact) mass is 317 g/mol. The van der Waals surface area contributed by atoms with E-state index in [1.54, 1.807) is 23.6 Å². The van der Waals surface area contributed by atoms with Gasteiger partial charge in [0.15, 0.2) is 11.5 Å². The zero-order chi connectivity index (χ0) is 15.7. The van der Waals surface area contributed by atoms with Gasteiger partial charge in [0, 0.05) is 17.1 Å². The van der Waals surface area contributed by atoms with E-state index < -0.39 is 5.60 Å². The normalized spacial score (nSPS) is 14.0. The largest absolute Gasteiger partial charge is 0.384 e. The Balaban J connectivity index is 1.80. The SMILES string of the molecule is Cc1nnc2ccc(NCC(C)(O)c3ccccc3Cl)nn12. The van der Waals surface area contributed by atoms with Crippen molar-refractivity contribution in [2.45, 2.75) is 19.4 Å². The van der Waals surface area contributed by atoms with E-state index in [2.05, 4.69) is 20.6 Å². The third-order valence-corrected chi connectivity index (χ3v) is 3.82. The minimum atomic E-state index is -1.11. The topological polar surface area (TPSA) is 75.3 Å². The molecule has 7 heteroatoms. The van der Waals surface area contributed by atoms with Gasteiger partial charge in [-0.2, -0.15) is 4.52 Å². The van der Waals surface area contributed by atoms with Crippen molar-refractivity contribution in [3.05, 3.63) is 52.8 Å². The van der Waals surface area contributed by atoms with Gasteiger partial charge in [0.2, 0.25) is 0 Å². The molecule has 2 N–H and O–H groups in total. The molecule has 0 aliphatic heterocycles. The number of fused-ring (bicyclic) bond motifs is 1. The molecule has 0 amide bonds. The lowest BCUT2D eigenvalue weighted by Gasteiger charge is -2.25. The average molecular weight is 318 g/mol. The van der Waals surface area contributed by atoms with Gasteiger partial charge in [-0.05, 0) is 32.0 Å². The molecule has 3 aromatic rings. The first kappa shape index (κ1) is 14.7. The number of aliphatic hydroxyl groups is 1. The second-order valence-electron chi connectivity index (χ2n) is 5.34. The molecule has 22 heavy (non-hydrogen) atoms. The third-order valence-electron chi connectivity index (χ3n) is 3.49. The molecule has 0 saturated carbocycles. The predicted octanol–water partition coefficient (Wildman–Crippen LogP) is 2.41. The van der Waals surface area contributed by atoms with Crippen molar-refractivity contribution in [2.75, 3.05) is 11.9 Å². The summed E-state index contributed by atoms with van der Waals surface area (Å²) < 4.78 is 1.65. The Bertz CT molecular complexity index is 815. The number of benzene rings is 1. The van der Waals surface area contributed by atoms with Gasteiger partial charge in [-0.1, -0.05) is 29.8 Å². The highest BCUT2D eigenvalue weighted by Crippen LogP contribution is 2.27. The molecule has 6 nitrogen and oxygen atoms in total. The van der Waals surface area contributed by atoms with Crippen molar-refractivity contribution in [3.63, 3.8) is 0 Å². The first-order valence-corrected chi connectivity index (χ1v) is 7.25. The van der Waals surface area contributed by atoms with Gasteiger partial charge in [-0.15, -0.1) is 15.3 Å². The highest BCUT2D eigenvalue weighted by atomic mass is 35.5. The number of aryl methyl sites for hydroxylation is 1. The van der Waals surface area contributed by atoms with Crippen LogP contribution in [-0.2, 0) is 5.60 Å². The lowest BCUT2D eigenvalue weighted by molar-refractivity contribution is 0.0715. The van der Waals surface area contributed by atoms with Crippen LogP contribution in [0.15, 0.2) is 36.4 Å².